The summed E-state index contributed by atoms with van der Waals surface area (Å²) in [4.78, 5) is 0. The fraction of sp³-hybridized carbons (Fsp3) is 1.00. The van der Waals surface area contributed by atoms with E-state index in [0.29, 0.717) is 32.5 Å². The largest absolute Gasteiger partial charge is 0.382 e. The maximum Gasteiger partial charge on any atom is 0.0704 e. The third kappa shape index (κ3) is 8.44. The van der Waals surface area contributed by atoms with E-state index in [9.17, 15) is 0 Å². The molecule has 4 nitrogen and oxygen atoms in total. The van der Waals surface area contributed by atoms with Crippen LogP contribution in [-0.4, -0.2) is 53.2 Å². The number of hydrogen-bond donors (Lipinski definition) is 1. The highest BCUT2D eigenvalue weighted by Crippen LogP contribution is 1.95. The van der Waals surface area contributed by atoms with Crippen LogP contribution in [0.15, 0.2) is 0 Å². The van der Waals surface area contributed by atoms with Gasteiger partial charge in [0, 0.05) is 13.7 Å². The molecule has 0 aromatic carbocycles. The van der Waals surface area contributed by atoms with Crippen LogP contribution in [0.5, 0.6) is 0 Å². The molecule has 0 aliphatic carbocycles. The minimum atomic E-state index is 0.297. The summed E-state index contributed by atoms with van der Waals surface area (Å²) in [6.45, 7) is 5.60. The highest BCUT2D eigenvalue weighted by Gasteiger charge is 2.03. The highest BCUT2D eigenvalue weighted by atomic mass is 16.5. The van der Waals surface area contributed by atoms with Gasteiger partial charge in [0.15, 0.2) is 0 Å². The van der Waals surface area contributed by atoms with Crippen LogP contribution in [0, 0.1) is 0 Å². The summed E-state index contributed by atoms with van der Waals surface area (Å²) < 4.78 is 15.7. The molecule has 86 valence electrons. The number of ether oxygens (including phenoxy) is 3. The molecule has 0 saturated carbocycles. The van der Waals surface area contributed by atoms with Crippen LogP contribution >= 0.6 is 0 Å². The minimum Gasteiger partial charge on any atom is -0.382 e. The molecule has 1 atom stereocenters. The Hall–Kier alpha value is -0.160. The molecular formula is C10H23NO3. The van der Waals surface area contributed by atoms with Gasteiger partial charge in [0.1, 0.15) is 0 Å². The molecular weight excluding hydrogens is 182 g/mol. The van der Waals surface area contributed by atoms with E-state index in [1.54, 1.807) is 7.11 Å². The van der Waals surface area contributed by atoms with Gasteiger partial charge in [0.25, 0.3) is 0 Å². The fourth-order valence-corrected chi connectivity index (χ4v) is 1.07. The molecule has 14 heavy (non-hydrogen) atoms. The van der Waals surface area contributed by atoms with E-state index in [4.69, 9.17) is 14.2 Å². The molecule has 0 spiro atoms. The van der Waals surface area contributed by atoms with Crippen LogP contribution in [0.25, 0.3) is 0 Å². The van der Waals surface area contributed by atoms with Crippen LogP contribution in [0.1, 0.15) is 13.3 Å². The summed E-state index contributed by atoms with van der Waals surface area (Å²) in [5.74, 6) is 0. The molecule has 1 unspecified atom stereocenters. The van der Waals surface area contributed by atoms with E-state index in [-0.39, 0.29) is 0 Å². The molecule has 0 amide bonds. The van der Waals surface area contributed by atoms with Crippen molar-refractivity contribution in [2.45, 2.75) is 19.4 Å². The summed E-state index contributed by atoms with van der Waals surface area (Å²) in [6, 6.07) is 0. The number of nitrogens with one attached hydrogen (secondary N) is 1. The molecule has 0 aromatic heterocycles. The molecule has 0 heterocycles. The van der Waals surface area contributed by atoms with Crippen LogP contribution in [0.2, 0.25) is 0 Å². The molecule has 0 aromatic rings. The Bertz CT molecular complexity index is 112. The predicted molar refractivity (Wildman–Crippen MR) is 56.7 cm³/mol. The number of rotatable bonds is 10. The van der Waals surface area contributed by atoms with Gasteiger partial charge in [-0.05, 0) is 13.5 Å². The molecule has 0 aliphatic heterocycles. The summed E-state index contributed by atoms with van der Waals surface area (Å²) in [7, 11) is 3.60. The summed E-state index contributed by atoms with van der Waals surface area (Å²) >= 11 is 0. The normalized spacial score (nSPS) is 13.1. The third-order valence-corrected chi connectivity index (χ3v) is 1.90. The first-order valence-electron chi connectivity index (χ1n) is 5.18. The van der Waals surface area contributed by atoms with E-state index in [2.05, 4.69) is 12.2 Å². The summed E-state index contributed by atoms with van der Waals surface area (Å²) in [6.07, 6.45) is 1.32. The first-order valence-corrected chi connectivity index (χ1v) is 5.18. The SMILES string of the molecule is CCC(CNC)OCCOCCOC. The zero-order chi connectivity index (χ0) is 10.6. The zero-order valence-electron chi connectivity index (χ0n) is 9.54. The second-order valence-electron chi connectivity index (χ2n) is 3.06. The van der Waals surface area contributed by atoms with Crippen molar-refractivity contribution in [3.63, 3.8) is 0 Å². The van der Waals surface area contributed by atoms with Crippen molar-refractivity contribution in [2.24, 2.45) is 0 Å². The van der Waals surface area contributed by atoms with E-state index in [1.807, 2.05) is 7.05 Å². The van der Waals surface area contributed by atoms with E-state index >= 15 is 0 Å². The average Bonchev–Trinajstić information content (AvgIpc) is 2.21. The fourth-order valence-electron chi connectivity index (χ4n) is 1.07. The molecule has 0 fully saturated rings. The van der Waals surface area contributed by atoms with E-state index in [0.717, 1.165) is 13.0 Å². The Morgan fingerprint density at radius 2 is 1.86 bits per heavy atom. The van der Waals surface area contributed by atoms with Gasteiger partial charge in [-0.2, -0.15) is 0 Å². The Kier molecular flexibility index (Phi) is 10.8. The number of likely N-dealkylation sites (N-methyl/N-ethyl adjacent to an activating group) is 1. The van der Waals surface area contributed by atoms with Crippen molar-refractivity contribution in [2.75, 3.05) is 47.1 Å². The van der Waals surface area contributed by atoms with Crippen LogP contribution < -0.4 is 5.32 Å². The Balaban J connectivity index is 3.15. The van der Waals surface area contributed by atoms with Gasteiger partial charge < -0.3 is 19.5 Å². The second kappa shape index (κ2) is 10.9. The van der Waals surface area contributed by atoms with Gasteiger partial charge in [0.2, 0.25) is 0 Å². The third-order valence-electron chi connectivity index (χ3n) is 1.90. The smallest absolute Gasteiger partial charge is 0.0704 e. The lowest BCUT2D eigenvalue weighted by Crippen LogP contribution is -2.27. The average molecular weight is 205 g/mol. The van der Waals surface area contributed by atoms with Crippen molar-refractivity contribution >= 4 is 0 Å². The predicted octanol–water partition coefficient (Wildman–Crippen LogP) is 0.664. The van der Waals surface area contributed by atoms with Crippen LogP contribution in [0.4, 0.5) is 0 Å². The van der Waals surface area contributed by atoms with E-state index < -0.39 is 0 Å². The molecule has 0 aliphatic rings. The van der Waals surface area contributed by atoms with E-state index in [1.165, 1.54) is 0 Å². The molecule has 4 heteroatoms. The maximum absolute atomic E-state index is 5.58. The Morgan fingerprint density at radius 1 is 1.14 bits per heavy atom. The first-order chi connectivity index (χ1) is 6.85. The maximum atomic E-state index is 5.58. The van der Waals surface area contributed by atoms with Gasteiger partial charge in [-0.1, -0.05) is 6.92 Å². The lowest BCUT2D eigenvalue weighted by Gasteiger charge is -2.15. The molecule has 0 radical (unpaired) electrons. The Morgan fingerprint density at radius 3 is 2.43 bits per heavy atom. The van der Waals surface area contributed by atoms with Gasteiger partial charge in [-0.15, -0.1) is 0 Å². The zero-order valence-corrected chi connectivity index (χ0v) is 9.54. The molecule has 0 bridgehead atoms. The van der Waals surface area contributed by atoms with Gasteiger partial charge in [0.05, 0.1) is 32.5 Å². The van der Waals surface area contributed by atoms with Crippen molar-refractivity contribution in [3.05, 3.63) is 0 Å². The highest BCUT2D eigenvalue weighted by molar-refractivity contribution is 4.56. The Labute approximate surface area is 86.9 Å². The standard InChI is InChI=1S/C10H23NO3/c1-4-10(9-11-2)14-8-7-13-6-5-12-3/h10-11H,4-9H2,1-3H3. The van der Waals surface area contributed by atoms with Crippen molar-refractivity contribution in [1.82, 2.24) is 5.32 Å². The quantitative estimate of drug-likeness (QED) is 0.532. The second-order valence-corrected chi connectivity index (χ2v) is 3.06. The number of hydrogen-bond acceptors (Lipinski definition) is 4. The molecule has 0 rings (SSSR count). The lowest BCUT2D eigenvalue weighted by atomic mass is 10.3. The van der Waals surface area contributed by atoms with Gasteiger partial charge in [-0.3, -0.25) is 0 Å². The summed E-state index contributed by atoms with van der Waals surface area (Å²) in [5, 5.41) is 3.09. The first kappa shape index (κ1) is 13.8. The lowest BCUT2D eigenvalue weighted by molar-refractivity contribution is -0.00639. The van der Waals surface area contributed by atoms with Crippen LogP contribution in [-0.2, 0) is 14.2 Å². The van der Waals surface area contributed by atoms with Crippen LogP contribution in [0.3, 0.4) is 0 Å². The van der Waals surface area contributed by atoms with Crippen molar-refractivity contribution in [1.29, 1.82) is 0 Å². The van der Waals surface area contributed by atoms with Crippen molar-refractivity contribution < 1.29 is 14.2 Å². The van der Waals surface area contributed by atoms with Gasteiger partial charge in [-0.25, -0.2) is 0 Å². The van der Waals surface area contributed by atoms with Gasteiger partial charge >= 0.3 is 0 Å². The topological polar surface area (TPSA) is 39.7 Å². The summed E-state index contributed by atoms with van der Waals surface area (Å²) in [5.41, 5.74) is 0. The molecule has 0 saturated heterocycles. The minimum absolute atomic E-state index is 0.297. The molecule has 1 N–H and O–H groups in total. The number of methoxy groups -OCH3 is 1. The monoisotopic (exact) mass is 205 g/mol. The van der Waals surface area contributed by atoms with Crippen molar-refractivity contribution in [3.8, 4) is 0 Å².